The first kappa shape index (κ1) is 29.7. The second-order valence-electron chi connectivity index (χ2n) is 12.6. The summed E-state index contributed by atoms with van der Waals surface area (Å²) < 4.78 is 4.92. The Morgan fingerprint density at radius 1 is 1.12 bits per heavy atom. The molecule has 2 aliphatic rings. The fourth-order valence-electron chi connectivity index (χ4n) is 6.07. The summed E-state index contributed by atoms with van der Waals surface area (Å²) in [4.78, 5) is 44.2. The highest BCUT2D eigenvalue weighted by Gasteiger charge is 2.38. The van der Waals surface area contributed by atoms with Gasteiger partial charge in [-0.25, -0.2) is 19.7 Å². The van der Waals surface area contributed by atoms with Crippen LogP contribution in [0, 0.1) is 25.7 Å². The zero-order valence-electron chi connectivity index (χ0n) is 25.5. The lowest BCUT2D eigenvalue weighted by Gasteiger charge is -2.47. The molecule has 2 fully saturated rings. The van der Waals surface area contributed by atoms with E-state index in [1.807, 2.05) is 24.8 Å². The van der Waals surface area contributed by atoms with Crippen molar-refractivity contribution in [2.45, 2.75) is 85.6 Å². The Morgan fingerprint density at radius 3 is 2.42 bits per heavy atom. The van der Waals surface area contributed by atoms with Crippen LogP contribution in [0.1, 0.15) is 104 Å². The smallest absolute Gasteiger partial charge is 0.339 e. The highest BCUT2D eigenvalue weighted by Crippen LogP contribution is 2.31. The summed E-state index contributed by atoms with van der Waals surface area (Å²) in [5.74, 6) is 2.74. The molecule has 1 N–H and O–H groups in total. The van der Waals surface area contributed by atoms with Crippen molar-refractivity contribution in [1.29, 1.82) is 0 Å². The Balaban J connectivity index is 1.47. The topological polar surface area (TPSA) is 101 Å². The molecule has 9 nitrogen and oxygen atoms in total. The van der Waals surface area contributed by atoms with Crippen molar-refractivity contribution in [3.05, 3.63) is 40.5 Å². The highest BCUT2D eigenvalue weighted by molar-refractivity contribution is 5.93. The number of nitrogens with zero attached hydrogens (tertiary/aromatic N) is 5. The predicted octanol–water partition coefficient (Wildman–Crippen LogP) is 5.38. The van der Waals surface area contributed by atoms with Crippen molar-refractivity contribution in [3.8, 4) is 0 Å². The van der Waals surface area contributed by atoms with Gasteiger partial charge in [0.15, 0.2) is 0 Å². The van der Waals surface area contributed by atoms with Gasteiger partial charge in [0.2, 0.25) is 0 Å². The fraction of sp³-hybridized carbons (Fsp3) is 0.645. The first-order valence-electron chi connectivity index (χ1n) is 14.7. The van der Waals surface area contributed by atoms with Crippen molar-refractivity contribution in [1.82, 2.24) is 19.9 Å². The number of hydrogen-bond acceptors (Lipinski definition) is 8. The maximum absolute atomic E-state index is 13.8. The second kappa shape index (κ2) is 12.1. The Bertz CT molecular complexity index is 1210. The molecule has 2 aromatic heterocycles. The van der Waals surface area contributed by atoms with Crippen LogP contribution >= 0.6 is 0 Å². The first-order valence-corrected chi connectivity index (χ1v) is 14.7. The zero-order valence-corrected chi connectivity index (χ0v) is 25.5. The number of esters is 1. The molecular formula is C31H46N6O3. The minimum Gasteiger partial charge on any atom is -0.465 e. The van der Waals surface area contributed by atoms with Crippen LogP contribution in [0.15, 0.2) is 12.3 Å². The fourth-order valence-corrected chi connectivity index (χ4v) is 6.07. The van der Waals surface area contributed by atoms with Crippen LogP contribution in [0.5, 0.6) is 0 Å². The Labute approximate surface area is 239 Å². The second-order valence-corrected chi connectivity index (χ2v) is 12.6. The van der Waals surface area contributed by atoms with E-state index in [2.05, 4.69) is 44.8 Å². The molecule has 0 spiro atoms. The number of piperazine rings is 1. The standard InChI is InChI=1S/C31H46N6O3/c1-19(2)27-28(32-16-23-11-9-20(3)10-12-23)33-17-24(35-27)29(38)37-14-13-36(18-31(37,6)7)25-15-21(4)26(22(5)34-25)30(39)40-8/h15,17,19-20,23H,9-14,16,18H2,1-8H3,(H,32,33). The van der Waals surface area contributed by atoms with Gasteiger partial charge in [-0.15, -0.1) is 0 Å². The van der Waals surface area contributed by atoms with Gasteiger partial charge in [0, 0.05) is 26.2 Å². The normalized spacial score (nSPS) is 20.9. The van der Waals surface area contributed by atoms with E-state index in [-0.39, 0.29) is 17.8 Å². The van der Waals surface area contributed by atoms with E-state index >= 15 is 0 Å². The molecule has 40 heavy (non-hydrogen) atoms. The van der Waals surface area contributed by atoms with Crippen LogP contribution in [0.4, 0.5) is 11.6 Å². The number of aryl methyl sites for hydroxylation is 2. The molecule has 218 valence electrons. The van der Waals surface area contributed by atoms with Crippen molar-refractivity contribution >= 4 is 23.5 Å². The number of nitrogens with one attached hydrogen (secondary N) is 1. The molecule has 0 unspecified atom stereocenters. The van der Waals surface area contributed by atoms with E-state index in [1.54, 1.807) is 6.20 Å². The van der Waals surface area contributed by atoms with Gasteiger partial charge in [-0.2, -0.15) is 0 Å². The molecule has 3 heterocycles. The molecule has 1 saturated carbocycles. The van der Waals surface area contributed by atoms with Crippen LogP contribution in [0.3, 0.4) is 0 Å². The summed E-state index contributed by atoms with van der Waals surface area (Å²) in [6.07, 6.45) is 6.71. The maximum atomic E-state index is 13.8. The van der Waals surface area contributed by atoms with E-state index in [9.17, 15) is 9.59 Å². The number of pyridine rings is 1. The average molecular weight is 551 g/mol. The average Bonchev–Trinajstić information content (AvgIpc) is 2.91. The molecule has 1 aliphatic carbocycles. The number of amides is 1. The third-order valence-electron chi connectivity index (χ3n) is 8.50. The molecule has 2 aromatic rings. The van der Waals surface area contributed by atoms with E-state index in [0.717, 1.165) is 35.4 Å². The zero-order chi connectivity index (χ0) is 29.2. The summed E-state index contributed by atoms with van der Waals surface area (Å²) in [6.45, 7) is 17.0. The lowest BCUT2D eigenvalue weighted by molar-refractivity contribution is 0.0505. The molecule has 0 bridgehead atoms. The predicted molar refractivity (Wildman–Crippen MR) is 158 cm³/mol. The van der Waals surface area contributed by atoms with E-state index in [0.29, 0.717) is 42.5 Å². The Hall–Kier alpha value is -3.23. The number of carbonyl (C=O) groups excluding carboxylic acids is 2. The number of ether oxygens (including phenoxy) is 1. The number of aromatic nitrogens is 3. The van der Waals surface area contributed by atoms with Crippen molar-refractivity contribution < 1.29 is 14.3 Å². The van der Waals surface area contributed by atoms with Crippen LogP contribution in [0.2, 0.25) is 0 Å². The van der Waals surface area contributed by atoms with E-state index < -0.39 is 5.54 Å². The first-order chi connectivity index (χ1) is 18.9. The quantitative estimate of drug-likeness (QED) is 0.459. The van der Waals surface area contributed by atoms with Gasteiger partial charge in [-0.3, -0.25) is 4.79 Å². The summed E-state index contributed by atoms with van der Waals surface area (Å²) in [6, 6.07) is 1.92. The van der Waals surface area contributed by atoms with Gasteiger partial charge >= 0.3 is 5.97 Å². The highest BCUT2D eigenvalue weighted by atomic mass is 16.5. The van der Waals surface area contributed by atoms with Crippen LogP contribution in [-0.4, -0.2) is 70.6 Å². The van der Waals surface area contributed by atoms with Gasteiger partial charge in [-0.1, -0.05) is 33.6 Å². The van der Waals surface area contributed by atoms with Crippen molar-refractivity contribution in [3.63, 3.8) is 0 Å². The Morgan fingerprint density at radius 2 is 1.82 bits per heavy atom. The monoisotopic (exact) mass is 550 g/mol. The minimum atomic E-state index is -0.464. The van der Waals surface area contributed by atoms with Crippen LogP contribution < -0.4 is 10.2 Å². The summed E-state index contributed by atoms with van der Waals surface area (Å²) in [5, 5.41) is 3.55. The molecule has 9 heteroatoms. The Kier molecular flexibility index (Phi) is 9.00. The molecule has 1 aliphatic heterocycles. The summed E-state index contributed by atoms with van der Waals surface area (Å²) in [7, 11) is 1.38. The maximum Gasteiger partial charge on any atom is 0.339 e. The molecule has 0 radical (unpaired) electrons. The molecule has 0 aromatic carbocycles. The van der Waals surface area contributed by atoms with Crippen LogP contribution in [0.25, 0.3) is 0 Å². The summed E-state index contributed by atoms with van der Waals surface area (Å²) in [5.41, 5.74) is 2.73. The molecule has 1 saturated heterocycles. The molecular weight excluding hydrogens is 504 g/mol. The van der Waals surface area contributed by atoms with E-state index in [4.69, 9.17) is 19.7 Å². The third kappa shape index (κ3) is 6.39. The molecule has 0 atom stereocenters. The van der Waals surface area contributed by atoms with Gasteiger partial charge in [0.05, 0.1) is 35.8 Å². The number of anilines is 2. The van der Waals surface area contributed by atoms with Crippen molar-refractivity contribution in [2.75, 3.05) is 43.5 Å². The number of methoxy groups -OCH3 is 1. The largest absolute Gasteiger partial charge is 0.465 e. The molecule has 1 amide bonds. The SMILES string of the molecule is COC(=O)c1c(C)cc(N2CCN(C(=O)c3cnc(NCC4CCC(C)CC4)c(C(C)C)n3)C(C)(C)C2)nc1C. The lowest BCUT2D eigenvalue weighted by Crippen LogP contribution is -2.61. The van der Waals surface area contributed by atoms with Crippen LogP contribution in [-0.2, 0) is 4.74 Å². The van der Waals surface area contributed by atoms with E-state index in [1.165, 1.54) is 32.8 Å². The lowest BCUT2D eigenvalue weighted by atomic mass is 9.83. The van der Waals surface area contributed by atoms with Crippen molar-refractivity contribution in [2.24, 2.45) is 11.8 Å². The molecule has 4 rings (SSSR count). The number of hydrogen-bond donors (Lipinski definition) is 1. The van der Waals surface area contributed by atoms with Gasteiger partial charge in [0.1, 0.15) is 17.3 Å². The minimum absolute atomic E-state index is 0.103. The third-order valence-corrected chi connectivity index (χ3v) is 8.50. The number of carbonyl (C=O) groups is 2. The number of rotatable bonds is 7. The summed E-state index contributed by atoms with van der Waals surface area (Å²) >= 11 is 0. The van der Waals surface area contributed by atoms with Gasteiger partial charge in [0.25, 0.3) is 5.91 Å². The van der Waals surface area contributed by atoms with Gasteiger partial charge in [-0.05, 0) is 69.9 Å². The van der Waals surface area contributed by atoms with Gasteiger partial charge < -0.3 is 19.9 Å².